The van der Waals surface area contributed by atoms with E-state index in [1.807, 2.05) is 0 Å². The van der Waals surface area contributed by atoms with Gasteiger partial charge in [-0.3, -0.25) is 0 Å². The molecule has 8 heteroatoms. The molecule has 0 fully saturated rings. The maximum atomic E-state index is 14.6. The number of ether oxygens (including phenoxy) is 1. The molecule has 0 radical (unpaired) electrons. The standard InChI is InChI=1S/C32H29F7O/c1-18(2)12-13-19(3)20(4)14-30(36)26(10)32(38,39)40-23(7)17-29(35)25(9)21(5)15-28(34)24(8)22(6)16-31(37)27(11)33/h12-17H,1,3-11H2,2H3/b13-12-,28-15+,29-17+,30-14+,31-16+. The summed E-state index contributed by atoms with van der Waals surface area (Å²) >= 11 is 0. The fourth-order valence-corrected chi connectivity index (χ4v) is 2.26. The first-order valence-corrected chi connectivity index (χ1v) is 11.0. The molecule has 0 bridgehead atoms. The molecule has 0 atom stereocenters. The molecule has 0 saturated heterocycles. The zero-order valence-corrected chi connectivity index (χ0v) is 22.1. The first kappa shape index (κ1) is 35.4. The Balaban J connectivity index is 5.57. The Bertz CT molecular complexity index is 1350. The van der Waals surface area contributed by atoms with Crippen molar-refractivity contribution in [1.29, 1.82) is 0 Å². The zero-order chi connectivity index (χ0) is 31.5. The molecule has 40 heavy (non-hydrogen) atoms. The summed E-state index contributed by atoms with van der Waals surface area (Å²) in [6, 6.07) is 0. The summed E-state index contributed by atoms with van der Waals surface area (Å²) < 4.78 is 103. The summed E-state index contributed by atoms with van der Waals surface area (Å²) in [4.78, 5) is 0. The van der Waals surface area contributed by atoms with Crippen LogP contribution in [0.1, 0.15) is 6.92 Å². The van der Waals surface area contributed by atoms with E-state index >= 15 is 0 Å². The lowest BCUT2D eigenvalue weighted by Crippen LogP contribution is -2.23. The van der Waals surface area contributed by atoms with Crippen LogP contribution in [-0.2, 0) is 4.74 Å². The van der Waals surface area contributed by atoms with Crippen LogP contribution in [0.2, 0.25) is 0 Å². The normalized spacial score (nSPS) is 13.0. The molecule has 0 unspecified atom stereocenters. The van der Waals surface area contributed by atoms with Crippen molar-refractivity contribution >= 4 is 0 Å². The van der Waals surface area contributed by atoms with Gasteiger partial charge in [0.1, 0.15) is 23.2 Å². The van der Waals surface area contributed by atoms with E-state index in [1.54, 1.807) is 13.0 Å². The van der Waals surface area contributed by atoms with E-state index in [4.69, 9.17) is 0 Å². The average molecular weight is 563 g/mol. The molecule has 0 aromatic carbocycles. The lowest BCUT2D eigenvalue weighted by Gasteiger charge is -2.19. The van der Waals surface area contributed by atoms with E-state index in [-0.39, 0.29) is 16.7 Å². The minimum absolute atomic E-state index is 0.0351. The van der Waals surface area contributed by atoms with Gasteiger partial charge in [0.2, 0.25) is 0 Å². The van der Waals surface area contributed by atoms with Crippen molar-refractivity contribution in [2.24, 2.45) is 0 Å². The summed E-state index contributed by atoms with van der Waals surface area (Å²) in [6.45, 7) is 34.7. The van der Waals surface area contributed by atoms with E-state index in [0.29, 0.717) is 29.9 Å². The SMILES string of the molecule is C=C(C)/C=C\C(=C)C(=C)/C=C(/F)C(=C)C(F)(F)OC(=C)/C=C(/F)C(=C)C(=C)/C=C(/F)C(=C)C(=C)/C=C(/F)C(=C)F. The van der Waals surface area contributed by atoms with Crippen LogP contribution in [0.25, 0.3) is 0 Å². The monoisotopic (exact) mass is 562 g/mol. The highest BCUT2D eigenvalue weighted by atomic mass is 19.3. The number of allylic oxidation sites excluding steroid dienone is 17. The molecule has 0 aromatic rings. The van der Waals surface area contributed by atoms with Crippen LogP contribution in [0, 0.1) is 0 Å². The average Bonchev–Trinajstić information content (AvgIpc) is 2.84. The molecular weight excluding hydrogens is 533 g/mol. The Labute approximate surface area is 230 Å². The van der Waals surface area contributed by atoms with Crippen molar-refractivity contribution < 1.29 is 35.5 Å². The zero-order valence-electron chi connectivity index (χ0n) is 22.1. The van der Waals surface area contributed by atoms with E-state index in [2.05, 4.69) is 70.5 Å². The molecule has 0 rings (SSSR count). The van der Waals surface area contributed by atoms with E-state index in [1.165, 1.54) is 6.08 Å². The fraction of sp³-hybridized carbons (Fsp3) is 0.0625. The summed E-state index contributed by atoms with van der Waals surface area (Å²) in [7, 11) is 0. The van der Waals surface area contributed by atoms with Crippen molar-refractivity contribution in [2.75, 3.05) is 0 Å². The highest BCUT2D eigenvalue weighted by Gasteiger charge is 2.38. The van der Waals surface area contributed by atoms with Gasteiger partial charge in [0.05, 0.1) is 5.57 Å². The van der Waals surface area contributed by atoms with Crippen molar-refractivity contribution in [2.45, 2.75) is 13.0 Å². The second-order valence-electron chi connectivity index (χ2n) is 8.18. The maximum absolute atomic E-state index is 14.6. The molecule has 1 nitrogen and oxygen atoms in total. The van der Waals surface area contributed by atoms with Crippen LogP contribution < -0.4 is 0 Å². The maximum Gasteiger partial charge on any atom is 0.428 e. The number of rotatable bonds is 16. The quantitative estimate of drug-likeness (QED) is 0.103. The molecule has 0 amide bonds. The predicted molar refractivity (Wildman–Crippen MR) is 150 cm³/mol. The van der Waals surface area contributed by atoms with Gasteiger partial charge < -0.3 is 4.74 Å². The number of halogens is 7. The van der Waals surface area contributed by atoms with Crippen LogP contribution >= 0.6 is 0 Å². The Hall–Kier alpha value is -4.59. The molecule has 0 saturated carbocycles. The lowest BCUT2D eigenvalue weighted by atomic mass is 10.0. The third kappa shape index (κ3) is 11.4. The van der Waals surface area contributed by atoms with Crippen molar-refractivity contribution in [1.82, 2.24) is 0 Å². The van der Waals surface area contributed by atoms with Gasteiger partial charge in [-0.25, -0.2) is 22.0 Å². The second-order valence-corrected chi connectivity index (χ2v) is 8.18. The Morgan fingerprint density at radius 2 is 0.975 bits per heavy atom. The summed E-state index contributed by atoms with van der Waals surface area (Å²) in [6.07, 6.45) is 0.876. The minimum atomic E-state index is -4.36. The van der Waals surface area contributed by atoms with E-state index < -0.39 is 63.3 Å². The van der Waals surface area contributed by atoms with Crippen LogP contribution in [-0.4, -0.2) is 6.11 Å². The first-order valence-electron chi connectivity index (χ1n) is 11.0. The number of hydrogen-bond acceptors (Lipinski definition) is 1. The molecule has 0 N–H and O–H groups in total. The van der Waals surface area contributed by atoms with E-state index in [0.717, 1.165) is 0 Å². The van der Waals surface area contributed by atoms with Gasteiger partial charge in [0.15, 0.2) is 11.7 Å². The molecule has 0 spiro atoms. The first-order chi connectivity index (χ1) is 18.2. The van der Waals surface area contributed by atoms with Gasteiger partial charge in [0.25, 0.3) is 0 Å². The second kappa shape index (κ2) is 15.1. The molecule has 0 aliphatic rings. The summed E-state index contributed by atoms with van der Waals surface area (Å²) in [5, 5.41) is 0. The lowest BCUT2D eigenvalue weighted by molar-refractivity contribution is -0.177. The highest BCUT2D eigenvalue weighted by Crippen LogP contribution is 2.34. The van der Waals surface area contributed by atoms with Gasteiger partial charge in [-0.05, 0) is 47.4 Å². The summed E-state index contributed by atoms with van der Waals surface area (Å²) in [5.74, 6) is -7.74. The summed E-state index contributed by atoms with van der Waals surface area (Å²) in [5.41, 5.74) is -2.39. The smallest absolute Gasteiger partial charge is 0.428 e. The van der Waals surface area contributed by atoms with Gasteiger partial charge in [-0.2, -0.15) is 8.78 Å². The highest BCUT2D eigenvalue weighted by molar-refractivity contribution is 5.54. The van der Waals surface area contributed by atoms with Gasteiger partial charge in [0, 0.05) is 17.2 Å². The Kier molecular flexibility index (Phi) is 13.4. The molecule has 212 valence electrons. The number of hydrogen-bond donors (Lipinski definition) is 0. The third-order valence-corrected chi connectivity index (χ3v) is 4.68. The fourth-order valence-electron chi connectivity index (χ4n) is 2.26. The minimum Gasteiger partial charge on any atom is -0.429 e. The topological polar surface area (TPSA) is 9.23 Å². The van der Waals surface area contributed by atoms with Crippen LogP contribution in [0.4, 0.5) is 30.7 Å². The molecule has 0 heterocycles. The van der Waals surface area contributed by atoms with Crippen molar-refractivity contribution in [3.63, 3.8) is 0 Å². The Morgan fingerprint density at radius 3 is 1.43 bits per heavy atom. The molecule has 0 aliphatic carbocycles. The molecular formula is C32H29F7O. The van der Waals surface area contributed by atoms with Gasteiger partial charge >= 0.3 is 6.11 Å². The van der Waals surface area contributed by atoms with Crippen LogP contribution in [0.3, 0.4) is 0 Å². The predicted octanol–water partition coefficient (Wildman–Crippen LogP) is 11.0. The number of alkyl halides is 2. The van der Waals surface area contributed by atoms with Gasteiger partial charge in [-0.1, -0.05) is 83.5 Å². The van der Waals surface area contributed by atoms with Crippen molar-refractivity contribution in [3.05, 3.63) is 182 Å². The van der Waals surface area contributed by atoms with Crippen molar-refractivity contribution in [3.8, 4) is 0 Å². The molecule has 0 aliphatic heterocycles. The van der Waals surface area contributed by atoms with Crippen LogP contribution in [0.5, 0.6) is 0 Å². The third-order valence-electron chi connectivity index (χ3n) is 4.68. The van der Waals surface area contributed by atoms with E-state index in [9.17, 15) is 30.7 Å². The largest absolute Gasteiger partial charge is 0.429 e. The Morgan fingerprint density at radius 1 is 0.550 bits per heavy atom. The van der Waals surface area contributed by atoms with Crippen LogP contribution in [0.15, 0.2) is 182 Å². The van der Waals surface area contributed by atoms with Gasteiger partial charge in [-0.15, -0.1) is 0 Å². The molecule has 0 aromatic heterocycles.